The van der Waals surface area contributed by atoms with Crippen LogP contribution in [0.1, 0.15) is 49.7 Å². The molecule has 1 heterocycles. The third-order valence-corrected chi connectivity index (χ3v) is 5.70. The molecule has 0 radical (unpaired) electrons. The zero-order valence-corrected chi connectivity index (χ0v) is 15.0. The van der Waals surface area contributed by atoms with Crippen molar-refractivity contribution < 1.29 is 4.79 Å². The second-order valence-electron chi connectivity index (χ2n) is 7.21. The molecular weight excluding hydrogens is 308 g/mol. The van der Waals surface area contributed by atoms with Crippen molar-refractivity contribution in [2.75, 3.05) is 18.4 Å². The fourth-order valence-electron chi connectivity index (χ4n) is 4.36. The van der Waals surface area contributed by atoms with Crippen LogP contribution in [0.2, 0.25) is 5.02 Å². The lowest BCUT2D eigenvalue weighted by atomic mass is 9.78. The number of hydrogen-bond donors (Lipinski definition) is 1. The molecule has 3 nitrogen and oxygen atoms in total. The summed E-state index contributed by atoms with van der Waals surface area (Å²) in [4.78, 5) is 14.9. The maximum absolute atomic E-state index is 12.5. The van der Waals surface area contributed by atoms with Gasteiger partial charge in [0.15, 0.2) is 0 Å². The van der Waals surface area contributed by atoms with Crippen molar-refractivity contribution in [3.05, 3.63) is 28.3 Å². The predicted octanol–water partition coefficient (Wildman–Crippen LogP) is 4.55. The smallest absolute Gasteiger partial charge is 0.238 e. The Morgan fingerprint density at radius 1 is 1.22 bits per heavy atom. The highest BCUT2D eigenvalue weighted by Gasteiger charge is 2.33. The van der Waals surface area contributed by atoms with Gasteiger partial charge in [-0.3, -0.25) is 9.69 Å². The maximum atomic E-state index is 12.5. The summed E-state index contributed by atoms with van der Waals surface area (Å²) < 4.78 is 0. The zero-order chi connectivity index (χ0) is 16.4. The van der Waals surface area contributed by atoms with Crippen LogP contribution in [0, 0.1) is 19.8 Å². The molecule has 126 valence electrons. The van der Waals surface area contributed by atoms with E-state index < -0.39 is 0 Å². The van der Waals surface area contributed by atoms with Gasteiger partial charge in [-0.2, -0.15) is 0 Å². The summed E-state index contributed by atoms with van der Waals surface area (Å²) in [6.45, 7) is 5.55. The van der Waals surface area contributed by atoms with E-state index in [0.717, 1.165) is 29.3 Å². The monoisotopic (exact) mass is 334 g/mol. The van der Waals surface area contributed by atoms with E-state index in [2.05, 4.69) is 16.3 Å². The average molecular weight is 335 g/mol. The van der Waals surface area contributed by atoms with Gasteiger partial charge < -0.3 is 5.32 Å². The Bertz CT molecular complexity index is 562. The fourth-order valence-corrected chi connectivity index (χ4v) is 4.73. The molecule has 2 atom stereocenters. The first-order chi connectivity index (χ1) is 11.0. The third-order valence-electron chi connectivity index (χ3n) is 5.40. The van der Waals surface area contributed by atoms with Crippen molar-refractivity contribution in [1.82, 2.24) is 4.90 Å². The number of nitrogens with one attached hydrogen (secondary N) is 1. The average Bonchev–Trinajstić information content (AvgIpc) is 2.51. The summed E-state index contributed by atoms with van der Waals surface area (Å²) >= 11 is 6.30. The van der Waals surface area contributed by atoms with Gasteiger partial charge >= 0.3 is 0 Å². The van der Waals surface area contributed by atoms with Crippen LogP contribution in [-0.2, 0) is 4.79 Å². The van der Waals surface area contributed by atoms with Crippen molar-refractivity contribution in [2.24, 2.45) is 5.92 Å². The number of carbonyl (C=O) groups excluding carboxylic acids is 1. The van der Waals surface area contributed by atoms with Gasteiger partial charge in [-0.25, -0.2) is 0 Å². The number of nitrogens with zero attached hydrogens (tertiary/aromatic N) is 1. The van der Waals surface area contributed by atoms with E-state index in [9.17, 15) is 4.79 Å². The first-order valence-electron chi connectivity index (χ1n) is 8.85. The van der Waals surface area contributed by atoms with E-state index in [1.54, 1.807) is 0 Å². The summed E-state index contributed by atoms with van der Waals surface area (Å²) in [5.41, 5.74) is 2.91. The lowest BCUT2D eigenvalue weighted by Gasteiger charge is -2.43. The molecule has 1 amide bonds. The Morgan fingerprint density at radius 3 is 2.74 bits per heavy atom. The third kappa shape index (κ3) is 3.89. The Morgan fingerprint density at radius 2 is 1.96 bits per heavy atom. The van der Waals surface area contributed by atoms with E-state index in [1.807, 2.05) is 19.9 Å². The van der Waals surface area contributed by atoms with Gasteiger partial charge in [-0.15, -0.1) is 0 Å². The molecule has 0 spiro atoms. The molecule has 1 saturated heterocycles. The SMILES string of the molecule is Cc1cc(C)c(NC(=O)CN2CCC[C@H]3CCCC[C@@H]32)c(Cl)c1. The summed E-state index contributed by atoms with van der Waals surface area (Å²) in [6, 6.07) is 4.57. The van der Waals surface area contributed by atoms with Gasteiger partial charge in [0.05, 0.1) is 17.3 Å². The largest absolute Gasteiger partial charge is 0.323 e. The van der Waals surface area contributed by atoms with E-state index in [0.29, 0.717) is 17.6 Å². The Labute approximate surface area is 144 Å². The molecule has 1 N–H and O–H groups in total. The van der Waals surface area contributed by atoms with Crippen LogP contribution >= 0.6 is 11.6 Å². The first-order valence-corrected chi connectivity index (χ1v) is 9.23. The van der Waals surface area contributed by atoms with Crippen LogP contribution in [0.3, 0.4) is 0 Å². The number of rotatable bonds is 3. The molecule has 3 rings (SSSR count). The summed E-state index contributed by atoms with van der Waals surface area (Å²) in [5, 5.41) is 3.67. The van der Waals surface area contributed by atoms with Crippen LogP contribution in [0.25, 0.3) is 0 Å². The summed E-state index contributed by atoms with van der Waals surface area (Å²) in [6.07, 6.45) is 7.82. The molecular formula is C19H27ClN2O. The number of likely N-dealkylation sites (tertiary alicyclic amines) is 1. The number of fused-ring (bicyclic) bond motifs is 1. The minimum atomic E-state index is 0.0603. The number of halogens is 1. The van der Waals surface area contributed by atoms with E-state index in [4.69, 9.17) is 11.6 Å². The second-order valence-corrected chi connectivity index (χ2v) is 7.62. The number of piperidine rings is 1. The molecule has 1 aromatic rings. The fraction of sp³-hybridized carbons (Fsp3) is 0.632. The van der Waals surface area contributed by atoms with Gasteiger partial charge in [-0.1, -0.05) is 30.5 Å². The molecule has 0 unspecified atom stereocenters. The number of benzene rings is 1. The lowest BCUT2D eigenvalue weighted by molar-refractivity contribution is -0.118. The highest BCUT2D eigenvalue weighted by molar-refractivity contribution is 6.34. The normalized spacial score (nSPS) is 25.0. The first kappa shape index (κ1) is 16.8. The molecule has 0 bridgehead atoms. The van der Waals surface area contributed by atoms with Crippen LogP contribution < -0.4 is 5.32 Å². The van der Waals surface area contributed by atoms with Gasteiger partial charge in [-0.05, 0) is 69.2 Å². The molecule has 23 heavy (non-hydrogen) atoms. The number of aryl methyl sites for hydroxylation is 2. The van der Waals surface area contributed by atoms with Gasteiger partial charge in [0, 0.05) is 6.04 Å². The van der Waals surface area contributed by atoms with E-state index >= 15 is 0 Å². The number of anilines is 1. The van der Waals surface area contributed by atoms with Crippen LogP contribution in [-0.4, -0.2) is 29.9 Å². The van der Waals surface area contributed by atoms with Crippen molar-refractivity contribution in [1.29, 1.82) is 0 Å². The Balaban J connectivity index is 1.65. The molecule has 1 aliphatic heterocycles. The van der Waals surface area contributed by atoms with Gasteiger partial charge in [0.25, 0.3) is 0 Å². The molecule has 1 saturated carbocycles. The van der Waals surface area contributed by atoms with Crippen molar-refractivity contribution in [2.45, 2.75) is 58.4 Å². The molecule has 2 fully saturated rings. The maximum Gasteiger partial charge on any atom is 0.238 e. The van der Waals surface area contributed by atoms with Crippen molar-refractivity contribution >= 4 is 23.2 Å². The van der Waals surface area contributed by atoms with E-state index in [1.165, 1.54) is 38.5 Å². The minimum absolute atomic E-state index is 0.0603. The highest BCUT2D eigenvalue weighted by atomic mass is 35.5. The van der Waals surface area contributed by atoms with Crippen molar-refractivity contribution in [3.63, 3.8) is 0 Å². The molecule has 2 aliphatic rings. The van der Waals surface area contributed by atoms with E-state index in [-0.39, 0.29) is 5.91 Å². The highest BCUT2D eigenvalue weighted by Crippen LogP contribution is 2.35. The molecule has 1 aromatic carbocycles. The quantitative estimate of drug-likeness (QED) is 0.879. The number of hydrogen-bond acceptors (Lipinski definition) is 2. The lowest BCUT2D eigenvalue weighted by Crippen LogP contribution is -2.49. The number of amides is 1. The summed E-state index contributed by atoms with van der Waals surface area (Å²) in [5.74, 6) is 0.861. The minimum Gasteiger partial charge on any atom is -0.323 e. The standard InChI is InChI=1S/C19H27ClN2O/c1-13-10-14(2)19(16(20)11-13)21-18(23)12-22-9-5-7-15-6-3-4-8-17(15)22/h10-11,15,17H,3-9,12H2,1-2H3,(H,21,23)/t15-,17+/m1/s1. The Hall–Kier alpha value is -1.06. The molecule has 4 heteroatoms. The summed E-state index contributed by atoms with van der Waals surface area (Å²) in [7, 11) is 0. The molecule has 0 aromatic heterocycles. The number of carbonyl (C=O) groups is 1. The topological polar surface area (TPSA) is 32.3 Å². The molecule has 1 aliphatic carbocycles. The van der Waals surface area contributed by atoms with Gasteiger partial charge in [0.2, 0.25) is 5.91 Å². The second kappa shape index (κ2) is 7.23. The van der Waals surface area contributed by atoms with Crippen molar-refractivity contribution in [3.8, 4) is 0 Å². The van der Waals surface area contributed by atoms with Crippen LogP contribution in [0.5, 0.6) is 0 Å². The zero-order valence-electron chi connectivity index (χ0n) is 14.2. The predicted molar refractivity (Wildman–Crippen MR) is 96.1 cm³/mol. The van der Waals surface area contributed by atoms with Crippen LogP contribution in [0.15, 0.2) is 12.1 Å². The van der Waals surface area contributed by atoms with Gasteiger partial charge in [0.1, 0.15) is 0 Å². The van der Waals surface area contributed by atoms with Crippen LogP contribution in [0.4, 0.5) is 5.69 Å². The Kier molecular flexibility index (Phi) is 5.27.